The maximum absolute atomic E-state index is 13.3. The lowest BCUT2D eigenvalue weighted by molar-refractivity contribution is -0.160. The zero-order valence-electron chi connectivity index (χ0n) is 17.4. The van der Waals surface area contributed by atoms with Gasteiger partial charge in [0.2, 0.25) is 11.8 Å². The Labute approximate surface area is 185 Å². The van der Waals surface area contributed by atoms with Gasteiger partial charge in [0.1, 0.15) is 6.04 Å². The van der Waals surface area contributed by atoms with Crippen LogP contribution in [0.1, 0.15) is 30.6 Å². The lowest BCUT2D eigenvalue weighted by atomic mass is 9.63. The number of amides is 2. The summed E-state index contributed by atoms with van der Waals surface area (Å²) in [4.78, 5) is 53.1. The first-order valence-corrected chi connectivity index (χ1v) is 11.2. The van der Waals surface area contributed by atoms with Crippen molar-refractivity contribution in [2.24, 2.45) is 41.4 Å². The lowest BCUT2D eigenvalue weighted by Crippen LogP contribution is -2.49. The van der Waals surface area contributed by atoms with Gasteiger partial charge in [-0.05, 0) is 60.3 Å². The molecule has 1 aliphatic heterocycles. The summed E-state index contributed by atoms with van der Waals surface area (Å²) in [5.41, 5.74) is 0.375. The third-order valence-electron chi connectivity index (χ3n) is 7.36. The summed E-state index contributed by atoms with van der Waals surface area (Å²) in [5, 5.41) is 0.502. The number of ether oxygens (including phenoxy) is 1. The van der Waals surface area contributed by atoms with Gasteiger partial charge in [0.05, 0.1) is 11.8 Å². The highest BCUT2D eigenvalue weighted by atomic mass is 35.5. The van der Waals surface area contributed by atoms with Crippen LogP contribution in [0.3, 0.4) is 0 Å². The van der Waals surface area contributed by atoms with E-state index < -0.39 is 18.6 Å². The van der Waals surface area contributed by atoms with Crippen molar-refractivity contribution >= 4 is 35.2 Å². The van der Waals surface area contributed by atoms with Crippen LogP contribution >= 0.6 is 11.6 Å². The summed E-state index contributed by atoms with van der Waals surface area (Å²) >= 11 is 5.84. The first kappa shape index (κ1) is 20.4. The van der Waals surface area contributed by atoms with Crippen LogP contribution in [-0.2, 0) is 19.1 Å². The molecule has 2 amide bonds. The molecule has 3 fully saturated rings. The van der Waals surface area contributed by atoms with E-state index in [0.29, 0.717) is 22.4 Å². The minimum atomic E-state index is -1.03. The Bertz CT molecular complexity index is 964. The zero-order chi connectivity index (χ0) is 22.0. The maximum Gasteiger partial charge on any atom is 0.330 e. The van der Waals surface area contributed by atoms with Crippen LogP contribution in [0.25, 0.3) is 0 Å². The third kappa shape index (κ3) is 3.15. The number of carbonyl (C=O) groups is 4. The Balaban J connectivity index is 1.32. The molecule has 0 radical (unpaired) electrons. The normalized spacial score (nSPS) is 33.4. The number of carbonyl (C=O) groups excluding carboxylic acids is 4. The largest absolute Gasteiger partial charge is 0.456 e. The first-order chi connectivity index (χ1) is 14.8. The molecule has 0 unspecified atom stereocenters. The smallest absolute Gasteiger partial charge is 0.330 e. The average Bonchev–Trinajstić information content (AvgIpc) is 3.53. The molecule has 2 saturated carbocycles. The van der Waals surface area contributed by atoms with Crippen molar-refractivity contribution in [1.82, 2.24) is 4.90 Å². The van der Waals surface area contributed by atoms with E-state index in [4.69, 9.17) is 16.3 Å². The number of nitrogens with zero attached hydrogens (tertiary/aromatic N) is 1. The van der Waals surface area contributed by atoms with E-state index in [1.165, 1.54) is 0 Å². The Morgan fingerprint density at radius 2 is 1.58 bits per heavy atom. The molecule has 0 N–H and O–H groups in total. The van der Waals surface area contributed by atoms with Crippen LogP contribution < -0.4 is 0 Å². The van der Waals surface area contributed by atoms with E-state index >= 15 is 0 Å². The number of allylic oxidation sites excluding steroid dienone is 2. The molecule has 0 spiro atoms. The fourth-order valence-electron chi connectivity index (χ4n) is 5.87. The molecule has 4 aliphatic carbocycles. The molecule has 1 aromatic rings. The second-order valence-electron chi connectivity index (χ2n) is 9.43. The summed E-state index contributed by atoms with van der Waals surface area (Å²) in [5.74, 6) is -1.50. The summed E-state index contributed by atoms with van der Waals surface area (Å²) < 4.78 is 5.29. The fraction of sp³-hybridized carbons (Fsp3) is 0.500. The number of rotatable bonds is 6. The van der Waals surface area contributed by atoms with Crippen molar-refractivity contribution in [2.75, 3.05) is 6.61 Å². The Hall–Kier alpha value is -2.47. The molecule has 7 heteroatoms. The van der Waals surface area contributed by atoms with E-state index in [1.807, 2.05) is 0 Å². The predicted molar refractivity (Wildman–Crippen MR) is 112 cm³/mol. The van der Waals surface area contributed by atoms with Crippen LogP contribution in [0.2, 0.25) is 5.02 Å². The van der Waals surface area contributed by atoms with Gasteiger partial charge in [-0.15, -0.1) is 0 Å². The molecule has 6 nitrogen and oxygen atoms in total. The molecule has 162 valence electrons. The highest BCUT2D eigenvalue weighted by molar-refractivity contribution is 6.30. The number of halogens is 1. The van der Waals surface area contributed by atoms with Gasteiger partial charge in [-0.3, -0.25) is 19.3 Å². The van der Waals surface area contributed by atoms with Crippen LogP contribution in [-0.4, -0.2) is 41.1 Å². The van der Waals surface area contributed by atoms with Gasteiger partial charge >= 0.3 is 5.97 Å². The van der Waals surface area contributed by atoms with Crippen molar-refractivity contribution in [2.45, 2.75) is 26.3 Å². The van der Waals surface area contributed by atoms with E-state index in [2.05, 4.69) is 12.2 Å². The molecule has 31 heavy (non-hydrogen) atoms. The summed E-state index contributed by atoms with van der Waals surface area (Å²) in [6, 6.07) is 5.27. The molecule has 7 atom stereocenters. The SMILES string of the molecule is CC(C)[C@H](C(=O)OCC(=O)c1ccc(Cl)cc1)N1C(=O)[C@@H]2[C@H]3C=C[C@@H]([C@@H]4C[C@H]34)[C@H]2C1=O. The lowest BCUT2D eigenvalue weighted by Gasteiger charge is -2.37. The Kier molecular flexibility index (Phi) is 4.81. The minimum absolute atomic E-state index is 0.0942. The second kappa shape index (κ2) is 7.30. The Morgan fingerprint density at radius 1 is 1.03 bits per heavy atom. The van der Waals surface area contributed by atoms with E-state index in [0.717, 1.165) is 11.3 Å². The molecule has 5 aliphatic rings. The number of hydrogen-bond donors (Lipinski definition) is 0. The van der Waals surface area contributed by atoms with Crippen molar-refractivity contribution < 1.29 is 23.9 Å². The maximum atomic E-state index is 13.3. The molecule has 1 saturated heterocycles. The number of Topliss-reactive ketones (excluding diaryl/α,β-unsaturated/α-hetero) is 1. The van der Waals surface area contributed by atoms with E-state index in [1.54, 1.807) is 38.1 Å². The number of benzene rings is 1. The van der Waals surface area contributed by atoms with Crippen LogP contribution in [0.15, 0.2) is 36.4 Å². The van der Waals surface area contributed by atoms with E-state index in [9.17, 15) is 19.2 Å². The van der Waals surface area contributed by atoms with Crippen molar-refractivity contribution in [3.05, 3.63) is 47.0 Å². The van der Waals surface area contributed by atoms with Crippen LogP contribution in [0.5, 0.6) is 0 Å². The average molecular weight is 442 g/mol. The van der Waals surface area contributed by atoms with Gasteiger partial charge in [-0.1, -0.05) is 37.6 Å². The summed E-state index contributed by atoms with van der Waals surface area (Å²) in [7, 11) is 0. The number of esters is 1. The minimum Gasteiger partial charge on any atom is -0.456 e. The van der Waals surface area contributed by atoms with Crippen molar-refractivity contribution in [3.63, 3.8) is 0 Å². The monoisotopic (exact) mass is 441 g/mol. The number of imide groups is 1. The van der Waals surface area contributed by atoms with Gasteiger partial charge in [0, 0.05) is 10.6 Å². The highest BCUT2D eigenvalue weighted by Gasteiger charge is 2.68. The van der Waals surface area contributed by atoms with Gasteiger partial charge in [-0.2, -0.15) is 0 Å². The molecule has 0 aromatic heterocycles. The van der Waals surface area contributed by atoms with Crippen LogP contribution in [0.4, 0.5) is 0 Å². The van der Waals surface area contributed by atoms with Crippen molar-refractivity contribution in [1.29, 1.82) is 0 Å². The van der Waals surface area contributed by atoms with Gasteiger partial charge in [-0.25, -0.2) is 4.79 Å². The fourth-order valence-corrected chi connectivity index (χ4v) is 6.00. The Morgan fingerprint density at radius 3 is 2.10 bits per heavy atom. The highest BCUT2D eigenvalue weighted by Crippen LogP contribution is 2.65. The topological polar surface area (TPSA) is 80.8 Å². The first-order valence-electron chi connectivity index (χ1n) is 10.8. The number of likely N-dealkylation sites (tertiary alicyclic amines) is 1. The third-order valence-corrected chi connectivity index (χ3v) is 7.61. The second-order valence-corrected chi connectivity index (χ2v) is 9.86. The van der Waals surface area contributed by atoms with Crippen molar-refractivity contribution in [3.8, 4) is 0 Å². The van der Waals surface area contributed by atoms with Gasteiger partial charge in [0.25, 0.3) is 0 Å². The molecule has 1 aromatic carbocycles. The number of hydrogen-bond acceptors (Lipinski definition) is 5. The summed E-state index contributed by atoms with van der Waals surface area (Å²) in [6.45, 7) is 3.10. The summed E-state index contributed by atoms with van der Waals surface area (Å²) in [6.07, 6.45) is 5.28. The van der Waals surface area contributed by atoms with Gasteiger partial charge < -0.3 is 4.74 Å². The molecular weight excluding hydrogens is 418 g/mol. The molecule has 1 heterocycles. The molecule has 2 bridgehead atoms. The molecular formula is C24H24ClNO5. The van der Waals surface area contributed by atoms with Crippen LogP contribution in [0, 0.1) is 41.4 Å². The zero-order valence-corrected chi connectivity index (χ0v) is 18.1. The standard InChI is InChI=1S/C24H24ClNO5/c1-11(2)21(24(30)31-10-18(27)12-3-5-13(25)6-4-12)26-22(28)19-14-7-8-15(17-9-16(14)17)20(19)23(26)29/h3-8,11,14-17,19-21H,9-10H2,1-2H3/t14-,15-,16-,17+,19+,20+,21+/m0/s1. The molecule has 6 rings (SSSR count). The van der Waals surface area contributed by atoms with Gasteiger partial charge in [0.15, 0.2) is 12.4 Å². The van der Waals surface area contributed by atoms with E-state index in [-0.39, 0.29) is 47.2 Å². The quantitative estimate of drug-likeness (QED) is 0.293. The number of ketones is 1. The predicted octanol–water partition coefficient (Wildman–Crippen LogP) is 3.14.